The first-order chi connectivity index (χ1) is 17.0. The van der Waals surface area contributed by atoms with E-state index in [0.717, 1.165) is 16.8 Å². The van der Waals surface area contributed by atoms with Crippen LogP contribution in [0.3, 0.4) is 0 Å². The molecule has 6 aromatic rings. The Morgan fingerprint density at radius 2 is 1.80 bits per heavy atom. The predicted octanol–water partition coefficient (Wildman–Crippen LogP) is 5.57. The van der Waals surface area contributed by atoms with Gasteiger partial charge in [-0.2, -0.15) is 5.10 Å². The Hall–Kier alpha value is -4.66. The zero-order valence-electron chi connectivity index (χ0n) is 18.8. The standard InChI is InChI=1S/C26H19F2N7/c1-35(2)18-9-16(12-29-13-18)15-10-20-22(21(28)11-15)33-34-24(20)26-31-23-19(6-7-30-25(23)32-26)14-4-3-5-17(27)8-14/h3-13H,1-2H3,(H,33,34)(H,30,31,32). The number of nitrogens with zero attached hydrogens (tertiary/aromatic N) is 5. The van der Waals surface area contributed by atoms with Crippen LogP contribution in [0.2, 0.25) is 0 Å². The van der Waals surface area contributed by atoms with E-state index < -0.39 is 5.82 Å². The van der Waals surface area contributed by atoms with Crippen molar-refractivity contribution in [3.8, 4) is 33.8 Å². The summed E-state index contributed by atoms with van der Waals surface area (Å²) in [5.74, 6) is -0.330. The molecule has 6 rings (SSSR count). The van der Waals surface area contributed by atoms with Crippen molar-refractivity contribution in [3.63, 3.8) is 0 Å². The Balaban J connectivity index is 1.51. The van der Waals surface area contributed by atoms with Crippen LogP contribution < -0.4 is 4.90 Å². The molecule has 2 aromatic carbocycles. The molecule has 0 aliphatic carbocycles. The molecule has 0 unspecified atom stereocenters. The maximum Gasteiger partial charge on any atom is 0.178 e. The van der Waals surface area contributed by atoms with Crippen LogP contribution >= 0.6 is 0 Å². The van der Waals surface area contributed by atoms with Crippen LogP contribution in [0.4, 0.5) is 14.5 Å². The molecule has 0 radical (unpaired) electrons. The molecule has 4 aromatic heterocycles. The number of halogens is 2. The normalized spacial score (nSPS) is 11.4. The van der Waals surface area contributed by atoms with E-state index in [2.05, 4.69) is 30.1 Å². The third-order valence-electron chi connectivity index (χ3n) is 5.95. The first kappa shape index (κ1) is 20.9. The average molecular weight is 467 g/mol. The first-order valence-electron chi connectivity index (χ1n) is 10.9. The summed E-state index contributed by atoms with van der Waals surface area (Å²) in [7, 11) is 3.85. The summed E-state index contributed by atoms with van der Waals surface area (Å²) in [6, 6.07) is 13.4. The number of benzene rings is 2. The molecule has 7 nitrogen and oxygen atoms in total. The number of hydrogen-bond acceptors (Lipinski definition) is 5. The van der Waals surface area contributed by atoms with E-state index in [-0.39, 0.29) is 11.3 Å². The second-order valence-electron chi connectivity index (χ2n) is 8.43. The first-order valence-corrected chi connectivity index (χ1v) is 10.9. The molecule has 4 heterocycles. The number of imidazole rings is 1. The van der Waals surface area contributed by atoms with E-state index in [1.807, 2.05) is 37.2 Å². The van der Waals surface area contributed by atoms with Gasteiger partial charge < -0.3 is 9.88 Å². The van der Waals surface area contributed by atoms with Crippen LogP contribution in [0.15, 0.2) is 67.1 Å². The van der Waals surface area contributed by atoms with Gasteiger partial charge in [0.25, 0.3) is 0 Å². The van der Waals surface area contributed by atoms with Gasteiger partial charge in [0.05, 0.1) is 17.4 Å². The van der Waals surface area contributed by atoms with Gasteiger partial charge in [-0.05, 0) is 47.5 Å². The Labute approximate surface area is 198 Å². The number of anilines is 1. The van der Waals surface area contributed by atoms with E-state index in [0.29, 0.717) is 39.2 Å². The highest BCUT2D eigenvalue weighted by atomic mass is 19.1. The molecule has 0 saturated carbocycles. The summed E-state index contributed by atoms with van der Waals surface area (Å²) in [6.45, 7) is 0. The van der Waals surface area contributed by atoms with Crippen molar-refractivity contribution in [2.45, 2.75) is 0 Å². The lowest BCUT2D eigenvalue weighted by molar-refractivity contribution is 0.628. The molecule has 0 atom stereocenters. The van der Waals surface area contributed by atoms with Crippen molar-refractivity contribution >= 4 is 27.8 Å². The van der Waals surface area contributed by atoms with Crippen LogP contribution in [0.1, 0.15) is 0 Å². The lowest BCUT2D eigenvalue weighted by atomic mass is 10.0. The zero-order chi connectivity index (χ0) is 24.1. The second kappa shape index (κ2) is 7.98. The quantitative estimate of drug-likeness (QED) is 0.354. The third-order valence-corrected chi connectivity index (χ3v) is 5.95. The average Bonchev–Trinajstić information content (AvgIpc) is 3.48. The molecule has 0 aliphatic heterocycles. The van der Waals surface area contributed by atoms with Gasteiger partial charge in [-0.15, -0.1) is 0 Å². The third kappa shape index (κ3) is 3.57. The summed E-state index contributed by atoms with van der Waals surface area (Å²) in [5.41, 5.74) is 5.66. The number of hydrogen-bond donors (Lipinski definition) is 2. The number of fused-ring (bicyclic) bond motifs is 2. The number of nitrogens with one attached hydrogen (secondary N) is 2. The number of rotatable bonds is 4. The van der Waals surface area contributed by atoms with Crippen molar-refractivity contribution in [1.82, 2.24) is 30.1 Å². The van der Waals surface area contributed by atoms with Crippen LogP contribution in [-0.4, -0.2) is 44.2 Å². The molecule has 0 amide bonds. The summed E-state index contributed by atoms with van der Waals surface area (Å²) >= 11 is 0. The number of aromatic nitrogens is 6. The van der Waals surface area contributed by atoms with Gasteiger partial charge >= 0.3 is 0 Å². The van der Waals surface area contributed by atoms with Crippen molar-refractivity contribution in [2.24, 2.45) is 0 Å². The molecule has 35 heavy (non-hydrogen) atoms. The SMILES string of the molecule is CN(C)c1cncc(-c2cc(F)c3n[nH]c(-c4nc5nccc(-c6cccc(F)c6)c5[nH]4)c3c2)c1. The Morgan fingerprint density at radius 1 is 0.914 bits per heavy atom. The molecule has 172 valence electrons. The van der Waals surface area contributed by atoms with Crippen LogP contribution in [0.25, 0.3) is 55.8 Å². The van der Waals surface area contributed by atoms with E-state index in [9.17, 15) is 4.39 Å². The minimum atomic E-state index is -0.454. The summed E-state index contributed by atoms with van der Waals surface area (Å²) in [5, 5.41) is 7.67. The van der Waals surface area contributed by atoms with Crippen LogP contribution in [0.5, 0.6) is 0 Å². The van der Waals surface area contributed by atoms with Gasteiger partial charge in [0.1, 0.15) is 17.0 Å². The Kier molecular flexibility index (Phi) is 4.77. The highest BCUT2D eigenvalue weighted by Gasteiger charge is 2.18. The second-order valence-corrected chi connectivity index (χ2v) is 8.43. The molecule has 0 spiro atoms. The molecule has 9 heteroatoms. The largest absolute Gasteiger partial charge is 0.376 e. The molecule has 2 N–H and O–H groups in total. The van der Waals surface area contributed by atoms with Gasteiger partial charge in [0.15, 0.2) is 17.3 Å². The molecule has 0 fully saturated rings. The highest BCUT2D eigenvalue weighted by Crippen LogP contribution is 2.34. The van der Waals surface area contributed by atoms with Gasteiger partial charge in [0, 0.05) is 43.0 Å². The number of aromatic amines is 2. The Morgan fingerprint density at radius 3 is 2.63 bits per heavy atom. The summed E-state index contributed by atoms with van der Waals surface area (Å²) < 4.78 is 28.9. The van der Waals surface area contributed by atoms with Crippen molar-refractivity contribution in [3.05, 3.63) is 78.8 Å². The monoisotopic (exact) mass is 467 g/mol. The Bertz CT molecular complexity index is 1720. The van der Waals surface area contributed by atoms with Crippen molar-refractivity contribution in [2.75, 3.05) is 19.0 Å². The van der Waals surface area contributed by atoms with E-state index >= 15 is 4.39 Å². The zero-order valence-corrected chi connectivity index (χ0v) is 18.8. The smallest absolute Gasteiger partial charge is 0.178 e. The maximum atomic E-state index is 15.1. The van der Waals surface area contributed by atoms with Gasteiger partial charge in [-0.1, -0.05) is 12.1 Å². The van der Waals surface area contributed by atoms with E-state index in [1.165, 1.54) is 18.2 Å². The topological polar surface area (TPSA) is 86.4 Å². The fourth-order valence-electron chi connectivity index (χ4n) is 4.18. The highest BCUT2D eigenvalue weighted by molar-refractivity contribution is 5.97. The lowest BCUT2D eigenvalue weighted by Gasteiger charge is -2.13. The van der Waals surface area contributed by atoms with Crippen LogP contribution in [0, 0.1) is 11.6 Å². The molecular weight excluding hydrogens is 448 g/mol. The minimum Gasteiger partial charge on any atom is -0.376 e. The van der Waals surface area contributed by atoms with E-state index in [1.54, 1.807) is 30.7 Å². The molecule has 0 saturated heterocycles. The lowest BCUT2D eigenvalue weighted by Crippen LogP contribution is -2.08. The maximum absolute atomic E-state index is 15.1. The van der Waals surface area contributed by atoms with Gasteiger partial charge in [-0.3, -0.25) is 10.1 Å². The molecule has 0 bridgehead atoms. The fourth-order valence-corrected chi connectivity index (χ4v) is 4.18. The molecule has 0 aliphatic rings. The van der Waals surface area contributed by atoms with Crippen LogP contribution in [-0.2, 0) is 0 Å². The minimum absolute atomic E-state index is 0.208. The van der Waals surface area contributed by atoms with Gasteiger partial charge in [-0.25, -0.2) is 18.7 Å². The summed E-state index contributed by atoms with van der Waals surface area (Å²) in [4.78, 5) is 18.5. The number of pyridine rings is 2. The fraction of sp³-hybridized carbons (Fsp3) is 0.0769. The predicted molar refractivity (Wildman–Crippen MR) is 132 cm³/mol. The molecular formula is C26H19F2N7. The number of H-pyrrole nitrogens is 2. The van der Waals surface area contributed by atoms with E-state index in [4.69, 9.17) is 0 Å². The van der Waals surface area contributed by atoms with Crippen molar-refractivity contribution < 1.29 is 8.78 Å². The summed E-state index contributed by atoms with van der Waals surface area (Å²) in [6.07, 6.45) is 5.07. The van der Waals surface area contributed by atoms with Gasteiger partial charge in [0.2, 0.25) is 0 Å². The van der Waals surface area contributed by atoms with Crippen molar-refractivity contribution in [1.29, 1.82) is 0 Å².